The van der Waals surface area contributed by atoms with Crippen molar-refractivity contribution in [3.63, 3.8) is 0 Å². The van der Waals surface area contributed by atoms with E-state index < -0.39 is 17.8 Å². The maximum atomic E-state index is 13.1. The second-order valence-electron chi connectivity index (χ2n) is 6.12. The Balaban J connectivity index is 1.74. The number of hydrogen-bond acceptors (Lipinski definition) is 6. The lowest BCUT2D eigenvalue weighted by Gasteiger charge is -2.15. The highest BCUT2D eigenvalue weighted by atomic mass is 32.1. The van der Waals surface area contributed by atoms with Gasteiger partial charge in [0.25, 0.3) is 0 Å². The van der Waals surface area contributed by atoms with Gasteiger partial charge < -0.3 is 10.1 Å². The molecule has 0 radical (unpaired) electrons. The van der Waals surface area contributed by atoms with E-state index in [1.807, 2.05) is 0 Å². The summed E-state index contributed by atoms with van der Waals surface area (Å²) in [5.74, 6) is -0.00141. The summed E-state index contributed by atoms with van der Waals surface area (Å²) in [6.45, 7) is 3.38. The molecule has 2 N–H and O–H groups in total. The molecule has 0 aliphatic rings. The molecule has 0 saturated carbocycles. The molecule has 0 fully saturated rings. The van der Waals surface area contributed by atoms with Gasteiger partial charge in [-0.15, -0.1) is 10.2 Å². The first-order valence-electron chi connectivity index (χ1n) is 8.42. The number of nitrogens with one attached hydrogen (secondary N) is 2. The molecule has 0 aliphatic heterocycles. The fraction of sp³-hybridized carbons (Fsp3) is 0.222. The molecule has 0 saturated heterocycles. The van der Waals surface area contributed by atoms with Crippen molar-refractivity contribution in [1.82, 2.24) is 15.2 Å². The van der Waals surface area contributed by atoms with E-state index in [9.17, 15) is 18.0 Å². The Hall–Kier alpha value is -3.21. The van der Waals surface area contributed by atoms with E-state index in [0.29, 0.717) is 10.7 Å². The van der Waals surface area contributed by atoms with Gasteiger partial charge in [-0.05, 0) is 38.1 Å². The highest BCUT2D eigenvalue weighted by molar-refractivity contribution is 7.18. The first-order valence-corrected chi connectivity index (χ1v) is 9.24. The third kappa shape index (κ3) is 5.64. The van der Waals surface area contributed by atoms with Gasteiger partial charge in [-0.25, -0.2) is 4.79 Å². The molecule has 2 heterocycles. The van der Waals surface area contributed by atoms with Crippen LogP contribution in [0, 0.1) is 0 Å². The quantitative estimate of drug-likeness (QED) is 0.600. The van der Waals surface area contributed by atoms with Crippen molar-refractivity contribution >= 4 is 28.2 Å². The molecule has 7 nitrogen and oxygen atoms in total. The molecular weight excluding hydrogens is 407 g/mol. The minimum Gasteiger partial charge on any atom is -0.491 e. The number of urea groups is 1. The molecule has 2 aromatic heterocycles. The Morgan fingerprint density at radius 1 is 1.14 bits per heavy atom. The maximum Gasteiger partial charge on any atom is 0.416 e. The number of rotatable bonds is 5. The van der Waals surface area contributed by atoms with Crippen molar-refractivity contribution in [3.8, 4) is 16.5 Å². The number of halogens is 3. The van der Waals surface area contributed by atoms with Crippen LogP contribution < -0.4 is 15.4 Å². The zero-order valence-corrected chi connectivity index (χ0v) is 16.1. The SMILES string of the molecule is CC(C)Oc1cc(NC(=O)Nc2nnc(-c3ccccn3)s2)cc(C(F)(F)F)c1. The van der Waals surface area contributed by atoms with Crippen LogP contribution >= 0.6 is 11.3 Å². The second-order valence-corrected chi connectivity index (χ2v) is 7.09. The molecule has 152 valence electrons. The van der Waals surface area contributed by atoms with Crippen LogP contribution in [0.4, 0.5) is 28.8 Å². The largest absolute Gasteiger partial charge is 0.491 e. The molecule has 29 heavy (non-hydrogen) atoms. The van der Waals surface area contributed by atoms with E-state index in [1.54, 1.807) is 38.2 Å². The second kappa shape index (κ2) is 8.43. The summed E-state index contributed by atoms with van der Waals surface area (Å²) < 4.78 is 44.7. The van der Waals surface area contributed by atoms with E-state index in [2.05, 4.69) is 25.8 Å². The summed E-state index contributed by atoms with van der Waals surface area (Å²) in [5.41, 5.74) is -0.409. The summed E-state index contributed by atoms with van der Waals surface area (Å²) in [7, 11) is 0. The van der Waals surface area contributed by atoms with E-state index >= 15 is 0 Å². The minimum absolute atomic E-state index is 0.00141. The Kier molecular flexibility index (Phi) is 5.97. The number of alkyl halides is 3. The molecule has 0 bridgehead atoms. The number of carbonyl (C=O) groups excluding carboxylic acids is 1. The standard InChI is InChI=1S/C18H16F3N5O2S/c1-10(2)28-13-8-11(18(19,20)21)7-12(9-13)23-16(27)24-17-26-25-15(29-17)14-5-3-4-6-22-14/h3-10H,1-2H3,(H2,23,24,26,27). The highest BCUT2D eigenvalue weighted by Crippen LogP contribution is 2.34. The van der Waals surface area contributed by atoms with Crippen LogP contribution in [0.5, 0.6) is 5.75 Å². The number of amides is 2. The minimum atomic E-state index is -4.58. The van der Waals surface area contributed by atoms with Crippen LogP contribution in [0.25, 0.3) is 10.7 Å². The van der Waals surface area contributed by atoms with Crippen molar-refractivity contribution in [2.45, 2.75) is 26.1 Å². The number of benzene rings is 1. The van der Waals surface area contributed by atoms with Crippen molar-refractivity contribution in [3.05, 3.63) is 48.2 Å². The van der Waals surface area contributed by atoms with Crippen molar-refractivity contribution in [2.75, 3.05) is 10.6 Å². The number of aromatic nitrogens is 3. The zero-order chi connectivity index (χ0) is 21.0. The summed E-state index contributed by atoms with van der Waals surface area (Å²) >= 11 is 1.08. The van der Waals surface area contributed by atoms with Gasteiger partial charge in [0.05, 0.1) is 11.7 Å². The lowest BCUT2D eigenvalue weighted by Crippen LogP contribution is -2.20. The van der Waals surface area contributed by atoms with Gasteiger partial charge >= 0.3 is 12.2 Å². The first-order chi connectivity index (χ1) is 13.7. The smallest absolute Gasteiger partial charge is 0.416 e. The topological polar surface area (TPSA) is 89.0 Å². The molecular formula is C18H16F3N5O2S. The number of nitrogens with zero attached hydrogens (tertiary/aromatic N) is 3. The molecule has 0 unspecified atom stereocenters. The lowest BCUT2D eigenvalue weighted by molar-refractivity contribution is -0.137. The Labute approximate surface area is 168 Å². The Morgan fingerprint density at radius 2 is 1.93 bits per heavy atom. The summed E-state index contributed by atoms with van der Waals surface area (Å²) in [5, 5.41) is 13.2. The Bertz CT molecular complexity index is 993. The predicted molar refractivity (Wildman–Crippen MR) is 103 cm³/mol. The molecule has 11 heteroatoms. The molecule has 1 aromatic carbocycles. The third-order valence-electron chi connectivity index (χ3n) is 3.39. The molecule has 0 aliphatic carbocycles. The summed E-state index contributed by atoms with van der Waals surface area (Å²) in [4.78, 5) is 16.3. The number of hydrogen-bond donors (Lipinski definition) is 2. The van der Waals surface area contributed by atoms with Crippen molar-refractivity contribution < 1.29 is 22.7 Å². The van der Waals surface area contributed by atoms with Gasteiger partial charge in [-0.3, -0.25) is 10.3 Å². The first kappa shape index (κ1) is 20.5. The van der Waals surface area contributed by atoms with Crippen LogP contribution in [0.1, 0.15) is 19.4 Å². The van der Waals surface area contributed by atoms with Gasteiger partial charge in [-0.2, -0.15) is 13.2 Å². The van der Waals surface area contributed by atoms with Gasteiger partial charge in [0.1, 0.15) is 11.4 Å². The van der Waals surface area contributed by atoms with Crippen LogP contribution in [0.15, 0.2) is 42.6 Å². The van der Waals surface area contributed by atoms with Gasteiger partial charge in [0.15, 0.2) is 5.01 Å². The molecule has 3 rings (SSSR count). The van der Waals surface area contributed by atoms with Crippen LogP contribution in [0.3, 0.4) is 0 Å². The van der Waals surface area contributed by atoms with Gasteiger partial charge in [0.2, 0.25) is 5.13 Å². The lowest BCUT2D eigenvalue weighted by atomic mass is 10.1. The van der Waals surface area contributed by atoms with Crippen LogP contribution in [0.2, 0.25) is 0 Å². The van der Waals surface area contributed by atoms with E-state index in [-0.39, 0.29) is 22.7 Å². The van der Waals surface area contributed by atoms with Crippen molar-refractivity contribution in [1.29, 1.82) is 0 Å². The highest BCUT2D eigenvalue weighted by Gasteiger charge is 2.31. The third-order valence-corrected chi connectivity index (χ3v) is 4.25. The summed E-state index contributed by atoms with van der Waals surface area (Å²) in [6.07, 6.45) is -3.31. The van der Waals surface area contributed by atoms with Crippen LogP contribution in [-0.2, 0) is 6.18 Å². The fourth-order valence-electron chi connectivity index (χ4n) is 2.30. The van der Waals surface area contributed by atoms with Gasteiger partial charge in [-0.1, -0.05) is 17.4 Å². The molecule has 0 spiro atoms. The molecule has 3 aromatic rings. The van der Waals surface area contributed by atoms with E-state index in [4.69, 9.17) is 4.74 Å². The number of ether oxygens (including phenoxy) is 1. The van der Waals surface area contributed by atoms with Crippen molar-refractivity contribution in [2.24, 2.45) is 0 Å². The fourth-order valence-corrected chi connectivity index (χ4v) is 3.02. The van der Waals surface area contributed by atoms with Crippen LogP contribution in [-0.4, -0.2) is 27.3 Å². The number of carbonyl (C=O) groups is 1. The van der Waals surface area contributed by atoms with E-state index in [0.717, 1.165) is 23.5 Å². The summed E-state index contributed by atoms with van der Waals surface area (Å²) in [6, 6.07) is 7.54. The van der Waals surface area contributed by atoms with E-state index in [1.165, 1.54) is 6.07 Å². The average Bonchev–Trinajstić information content (AvgIpc) is 3.09. The normalized spacial score (nSPS) is 11.4. The Morgan fingerprint density at radius 3 is 2.59 bits per heavy atom. The number of anilines is 2. The molecule has 2 amide bonds. The average molecular weight is 423 g/mol. The maximum absolute atomic E-state index is 13.1. The predicted octanol–water partition coefficient (Wildman–Crippen LogP) is 5.05. The number of pyridine rings is 1. The van der Waals surface area contributed by atoms with Gasteiger partial charge in [0, 0.05) is 18.0 Å². The monoisotopic (exact) mass is 423 g/mol. The zero-order valence-electron chi connectivity index (χ0n) is 15.3. The molecule has 0 atom stereocenters.